The van der Waals surface area contributed by atoms with Gasteiger partial charge in [0, 0.05) is 11.1 Å². The molecule has 0 unspecified atom stereocenters. The highest BCUT2D eigenvalue weighted by Gasteiger charge is 2.19. The minimum absolute atomic E-state index is 0.0773. The number of hydrogen-bond acceptors (Lipinski definition) is 5. The van der Waals surface area contributed by atoms with Crippen LogP contribution in [0.4, 0.5) is 0 Å². The number of hydrogen-bond donors (Lipinski definition) is 1. The normalized spacial score (nSPS) is 14.8. The Bertz CT molecular complexity index is 1000. The van der Waals surface area contributed by atoms with E-state index < -0.39 is 5.56 Å². The third-order valence-corrected chi connectivity index (χ3v) is 4.79. The van der Waals surface area contributed by atoms with Crippen molar-refractivity contribution in [2.75, 3.05) is 0 Å². The number of amides is 1. The van der Waals surface area contributed by atoms with Crippen LogP contribution in [-0.4, -0.2) is 36.5 Å². The van der Waals surface area contributed by atoms with Crippen molar-refractivity contribution >= 4 is 28.7 Å². The lowest BCUT2D eigenvalue weighted by atomic mass is 10.2. The van der Waals surface area contributed by atoms with Crippen LogP contribution in [0.25, 0.3) is 16.9 Å². The molecular weight excluding hydrogens is 356 g/mol. The minimum Gasteiger partial charge on any atom is -0.352 e. The van der Waals surface area contributed by atoms with Crippen LogP contribution < -0.4 is 10.9 Å². The van der Waals surface area contributed by atoms with Gasteiger partial charge in [-0.05, 0) is 37.1 Å². The molecule has 0 spiro atoms. The molecule has 1 aliphatic rings. The first-order chi connectivity index (χ1) is 12.6. The SMILES string of the molecule is O=C(Cn1cnc2c(nnn2-c2ccc(Cl)cc2)c1=O)NC1CCCC1. The van der Waals surface area contributed by atoms with Crippen LogP contribution in [0.15, 0.2) is 35.4 Å². The molecule has 134 valence electrons. The van der Waals surface area contributed by atoms with Gasteiger partial charge in [0.1, 0.15) is 12.9 Å². The molecule has 0 atom stereocenters. The molecule has 1 aliphatic carbocycles. The Balaban J connectivity index is 1.60. The third-order valence-electron chi connectivity index (χ3n) is 4.53. The van der Waals surface area contributed by atoms with Gasteiger partial charge in [0.25, 0.3) is 5.56 Å². The van der Waals surface area contributed by atoms with Crippen LogP contribution in [0.1, 0.15) is 25.7 Å². The zero-order valence-electron chi connectivity index (χ0n) is 13.9. The fourth-order valence-corrected chi connectivity index (χ4v) is 3.34. The Kier molecular flexibility index (Phi) is 4.42. The van der Waals surface area contributed by atoms with Crippen molar-refractivity contribution in [3.63, 3.8) is 0 Å². The summed E-state index contributed by atoms with van der Waals surface area (Å²) in [6.45, 7) is -0.0773. The lowest BCUT2D eigenvalue weighted by molar-refractivity contribution is -0.122. The van der Waals surface area contributed by atoms with Crippen molar-refractivity contribution in [1.82, 2.24) is 29.9 Å². The maximum atomic E-state index is 12.6. The van der Waals surface area contributed by atoms with Gasteiger partial charge in [-0.2, -0.15) is 4.68 Å². The predicted molar refractivity (Wildman–Crippen MR) is 96.3 cm³/mol. The zero-order chi connectivity index (χ0) is 18.1. The average molecular weight is 373 g/mol. The number of rotatable bonds is 4. The number of aromatic nitrogens is 5. The third kappa shape index (κ3) is 3.20. The molecule has 0 bridgehead atoms. The molecule has 1 amide bonds. The quantitative estimate of drug-likeness (QED) is 0.752. The van der Waals surface area contributed by atoms with Crippen molar-refractivity contribution in [2.24, 2.45) is 0 Å². The lowest BCUT2D eigenvalue weighted by Gasteiger charge is -2.12. The average Bonchev–Trinajstić information content (AvgIpc) is 3.28. The summed E-state index contributed by atoms with van der Waals surface area (Å²) in [7, 11) is 0. The number of halogens is 1. The predicted octanol–water partition coefficient (Wildman–Crippen LogP) is 1.69. The highest BCUT2D eigenvalue weighted by Crippen LogP contribution is 2.17. The standard InChI is InChI=1S/C17H17ClN6O2/c18-11-5-7-13(8-6-11)24-16-15(21-22-24)17(26)23(10-19-16)9-14(25)20-12-3-1-2-4-12/h5-8,10,12H,1-4,9H2,(H,20,25). The maximum absolute atomic E-state index is 12.6. The second-order valence-electron chi connectivity index (χ2n) is 6.38. The van der Waals surface area contributed by atoms with Crippen LogP contribution in [-0.2, 0) is 11.3 Å². The van der Waals surface area contributed by atoms with E-state index in [1.54, 1.807) is 24.3 Å². The molecule has 1 fully saturated rings. The van der Waals surface area contributed by atoms with Gasteiger partial charge in [0.05, 0.1) is 5.69 Å². The van der Waals surface area contributed by atoms with E-state index in [9.17, 15) is 9.59 Å². The number of benzene rings is 1. The van der Waals surface area contributed by atoms with Crippen LogP contribution in [0, 0.1) is 0 Å². The second kappa shape index (κ2) is 6.87. The van der Waals surface area contributed by atoms with Gasteiger partial charge in [-0.15, -0.1) is 5.10 Å². The number of carbonyl (C=O) groups excluding carboxylic acids is 1. The van der Waals surface area contributed by atoms with Gasteiger partial charge in [-0.25, -0.2) is 4.98 Å². The summed E-state index contributed by atoms with van der Waals surface area (Å²) in [5.41, 5.74) is 0.762. The molecule has 1 N–H and O–H groups in total. The first-order valence-electron chi connectivity index (χ1n) is 8.48. The molecule has 2 aromatic heterocycles. The van der Waals surface area contributed by atoms with E-state index in [-0.39, 0.29) is 24.0 Å². The van der Waals surface area contributed by atoms with Gasteiger partial charge < -0.3 is 5.32 Å². The van der Waals surface area contributed by atoms with E-state index in [1.165, 1.54) is 15.6 Å². The second-order valence-corrected chi connectivity index (χ2v) is 6.81. The van der Waals surface area contributed by atoms with Crippen molar-refractivity contribution in [3.8, 4) is 5.69 Å². The fraction of sp³-hybridized carbons (Fsp3) is 0.353. The minimum atomic E-state index is -0.392. The van der Waals surface area contributed by atoms with Crippen molar-refractivity contribution in [3.05, 3.63) is 46.0 Å². The van der Waals surface area contributed by atoms with Gasteiger partial charge in [-0.1, -0.05) is 29.7 Å². The molecule has 1 aromatic carbocycles. The van der Waals surface area contributed by atoms with E-state index in [0.717, 1.165) is 25.7 Å². The molecule has 4 rings (SSSR count). The summed E-state index contributed by atoms with van der Waals surface area (Å²) in [5, 5.41) is 11.5. The number of carbonyl (C=O) groups is 1. The molecule has 3 aromatic rings. The number of nitrogens with zero attached hydrogens (tertiary/aromatic N) is 5. The van der Waals surface area contributed by atoms with Gasteiger partial charge in [0.15, 0.2) is 11.2 Å². The highest BCUT2D eigenvalue weighted by atomic mass is 35.5. The molecule has 0 saturated heterocycles. The smallest absolute Gasteiger partial charge is 0.284 e. The van der Waals surface area contributed by atoms with Gasteiger partial charge in [-0.3, -0.25) is 14.2 Å². The Morgan fingerprint density at radius 2 is 1.96 bits per heavy atom. The van der Waals surface area contributed by atoms with Crippen molar-refractivity contribution in [1.29, 1.82) is 0 Å². The molecule has 1 saturated carbocycles. The van der Waals surface area contributed by atoms with Crippen molar-refractivity contribution in [2.45, 2.75) is 38.3 Å². The Hall–Kier alpha value is -2.74. The Labute approximate surface area is 153 Å². The topological polar surface area (TPSA) is 94.7 Å². The summed E-state index contributed by atoms with van der Waals surface area (Å²) in [4.78, 5) is 29.0. The largest absolute Gasteiger partial charge is 0.352 e. The Morgan fingerprint density at radius 3 is 2.69 bits per heavy atom. The van der Waals surface area contributed by atoms with Crippen LogP contribution in [0.3, 0.4) is 0 Å². The van der Waals surface area contributed by atoms with Gasteiger partial charge >= 0.3 is 0 Å². The van der Waals surface area contributed by atoms with E-state index in [2.05, 4.69) is 20.6 Å². The summed E-state index contributed by atoms with van der Waals surface area (Å²) < 4.78 is 2.73. The van der Waals surface area contributed by atoms with E-state index in [4.69, 9.17) is 11.6 Å². The van der Waals surface area contributed by atoms with Crippen LogP contribution in [0.5, 0.6) is 0 Å². The van der Waals surface area contributed by atoms with Crippen LogP contribution >= 0.6 is 11.6 Å². The van der Waals surface area contributed by atoms with E-state index in [0.29, 0.717) is 16.4 Å². The molecular formula is C17H17ClN6O2. The summed E-state index contributed by atoms with van der Waals surface area (Å²) >= 11 is 5.89. The van der Waals surface area contributed by atoms with Crippen LogP contribution in [0.2, 0.25) is 5.02 Å². The van der Waals surface area contributed by atoms with Gasteiger partial charge in [0.2, 0.25) is 5.91 Å². The first-order valence-corrected chi connectivity index (χ1v) is 8.86. The molecule has 0 radical (unpaired) electrons. The summed E-state index contributed by atoms with van der Waals surface area (Å²) in [6.07, 6.45) is 5.60. The molecule has 0 aliphatic heterocycles. The summed E-state index contributed by atoms with van der Waals surface area (Å²) in [6, 6.07) is 7.18. The lowest BCUT2D eigenvalue weighted by Crippen LogP contribution is -2.37. The molecule has 8 nitrogen and oxygen atoms in total. The zero-order valence-corrected chi connectivity index (χ0v) is 14.7. The number of nitrogens with one attached hydrogen (secondary N) is 1. The molecule has 2 heterocycles. The van der Waals surface area contributed by atoms with E-state index >= 15 is 0 Å². The van der Waals surface area contributed by atoms with E-state index in [1.807, 2.05) is 0 Å². The first kappa shape index (κ1) is 16.7. The monoisotopic (exact) mass is 372 g/mol. The fourth-order valence-electron chi connectivity index (χ4n) is 3.21. The molecule has 9 heteroatoms. The highest BCUT2D eigenvalue weighted by molar-refractivity contribution is 6.30. The Morgan fingerprint density at radius 1 is 1.23 bits per heavy atom. The number of fused-ring (bicyclic) bond motifs is 1. The molecule has 26 heavy (non-hydrogen) atoms. The maximum Gasteiger partial charge on any atom is 0.284 e. The summed E-state index contributed by atoms with van der Waals surface area (Å²) in [5.74, 6) is -0.190. The van der Waals surface area contributed by atoms with Crippen molar-refractivity contribution < 1.29 is 4.79 Å².